The number of hydrogen-bond acceptors (Lipinski definition) is 3. The number of halogens is 1. The van der Waals surface area contributed by atoms with Crippen LogP contribution in [0.3, 0.4) is 0 Å². The highest BCUT2D eigenvalue weighted by atomic mass is 127. The predicted molar refractivity (Wildman–Crippen MR) is 58.6 cm³/mol. The fourth-order valence-electron chi connectivity index (χ4n) is 0.666. The molecule has 1 rings (SSSR count). The molecule has 0 aliphatic heterocycles. The Hall–Kier alpha value is -0.0400. The van der Waals surface area contributed by atoms with Crippen LogP contribution in [0, 0.1) is 3.57 Å². The Morgan fingerprint density at radius 3 is 3.17 bits per heavy atom. The van der Waals surface area contributed by atoms with Crippen LogP contribution in [-0.4, -0.2) is 15.7 Å². The lowest BCUT2D eigenvalue weighted by Crippen LogP contribution is -2.11. The lowest BCUT2D eigenvalue weighted by molar-refractivity contribution is 0.983. The molecule has 0 fully saturated rings. The molecule has 0 saturated carbocycles. The summed E-state index contributed by atoms with van der Waals surface area (Å²) in [6, 6.07) is 0. The minimum atomic E-state index is -0.0517. The van der Waals surface area contributed by atoms with Gasteiger partial charge in [0.25, 0.3) is 5.56 Å². The van der Waals surface area contributed by atoms with Crippen molar-refractivity contribution in [1.82, 2.24) is 9.97 Å². The number of hydrogen-bond donors (Lipinski definition) is 1. The predicted octanol–water partition coefficient (Wildman–Crippen LogP) is 1.88. The Morgan fingerprint density at radius 1 is 1.75 bits per heavy atom. The van der Waals surface area contributed by atoms with Gasteiger partial charge < -0.3 is 4.98 Å². The fourth-order valence-corrected chi connectivity index (χ4v) is 2.17. The number of H-pyrrole nitrogens is 1. The Morgan fingerprint density at radius 2 is 2.50 bits per heavy atom. The van der Waals surface area contributed by atoms with E-state index in [0.717, 1.165) is 17.2 Å². The first kappa shape index (κ1) is 10.0. The molecule has 66 valence electrons. The molecule has 0 saturated heterocycles. The summed E-state index contributed by atoms with van der Waals surface area (Å²) < 4.78 is 0.688. The fraction of sp³-hybridized carbons (Fsp3) is 0.429. The van der Waals surface area contributed by atoms with Crippen molar-refractivity contribution >= 4 is 34.4 Å². The molecule has 1 aromatic heterocycles. The summed E-state index contributed by atoms with van der Waals surface area (Å²) in [5.41, 5.74) is -0.0517. The molecular weight excluding hydrogens is 287 g/mol. The quantitative estimate of drug-likeness (QED) is 0.526. The van der Waals surface area contributed by atoms with Gasteiger partial charge in [-0.3, -0.25) is 4.79 Å². The van der Waals surface area contributed by atoms with E-state index in [0.29, 0.717) is 3.57 Å². The molecule has 0 aromatic carbocycles. The largest absolute Gasteiger partial charge is 0.312 e. The van der Waals surface area contributed by atoms with Crippen LogP contribution in [0.4, 0.5) is 0 Å². The van der Waals surface area contributed by atoms with Crippen molar-refractivity contribution in [2.45, 2.75) is 18.4 Å². The van der Waals surface area contributed by atoms with Gasteiger partial charge in [0.2, 0.25) is 0 Å². The maximum absolute atomic E-state index is 11.1. The summed E-state index contributed by atoms with van der Waals surface area (Å²) >= 11 is 3.64. The third-order valence-electron chi connectivity index (χ3n) is 1.21. The third-order valence-corrected chi connectivity index (χ3v) is 3.77. The number of thioether (sulfide) groups is 1. The van der Waals surface area contributed by atoms with Gasteiger partial charge in [-0.15, -0.1) is 11.8 Å². The van der Waals surface area contributed by atoms with E-state index in [1.54, 1.807) is 11.8 Å². The van der Waals surface area contributed by atoms with Crippen molar-refractivity contribution in [1.29, 1.82) is 0 Å². The van der Waals surface area contributed by atoms with Crippen LogP contribution in [0.5, 0.6) is 0 Å². The van der Waals surface area contributed by atoms with Gasteiger partial charge in [-0.25, -0.2) is 4.98 Å². The van der Waals surface area contributed by atoms with E-state index in [2.05, 4.69) is 16.9 Å². The van der Waals surface area contributed by atoms with E-state index < -0.39 is 0 Å². The number of nitrogens with one attached hydrogen (secondary N) is 1. The monoisotopic (exact) mass is 296 g/mol. The number of rotatable bonds is 3. The van der Waals surface area contributed by atoms with E-state index in [-0.39, 0.29) is 5.56 Å². The van der Waals surface area contributed by atoms with Crippen molar-refractivity contribution in [3.63, 3.8) is 0 Å². The van der Waals surface area contributed by atoms with Gasteiger partial charge in [0.15, 0.2) is 0 Å². The summed E-state index contributed by atoms with van der Waals surface area (Å²) in [7, 11) is 0. The van der Waals surface area contributed by atoms with Crippen LogP contribution >= 0.6 is 34.4 Å². The van der Waals surface area contributed by atoms with Gasteiger partial charge in [0, 0.05) is 0 Å². The van der Waals surface area contributed by atoms with Crippen LogP contribution in [0.25, 0.3) is 0 Å². The van der Waals surface area contributed by atoms with E-state index in [9.17, 15) is 4.79 Å². The molecule has 0 unspecified atom stereocenters. The minimum absolute atomic E-state index is 0.0517. The van der Waals surface area contributed by atoms with Crippen molar-refractivity contribution in [3.8, 4) is 0 Å². The Balaban J connectivity index is 2.85. The summed E-state index contributed by atoms with van der Waals surface area (Å²) in [6.45, 7) is 2.10. The second-order valence-corrected chi connectivity index (χ2v) is 4.36. The van der Waals surface area contributed by atoms with Gasteiger partial charge in [-0.1, -0.05) is 6.92 Å². The minimum Gasteiger partial charge on any atom is -0.312 e. The van der Waals surface area contributed by atoms with Crippen molar-refractivity contribution in [3.05, 3.63) is 20.3 Å². The summed E-state index contributed by atoms with van der Waals surface area (Å²) in [5.74, 6) is 1.01. The van der Waals surface area contributed by atoms with Gasteiger partial charge in [-0.2, -0.15) is 0 Å². The number of aromatic amines is 1. The SMILES string of the molecule is CCCSc1nc[nH]c(=O)c1I. The van der Waals surface area contributed by atoms with E-state index >= 15 is 0 Å². The molecule has 1 N–H and O–H groups in total. The summed E-state index contributed by atoms with van der Waals surface area (Å²) in [5, 5.41) is 0.834. The highest BCUT2D eigenvalue weighted by molar-refractivity contribution is 14.1. The zero-order valence-corrected chi connectivity index (χ0v) is 9.61. The highest BCUT2D eigenvalue weighted by Crippen LogP contribution is 2.18. The molecule has 0 spiro atoms. The molecule has 0 aliphatic carbocycles. The lowest BCUT2D eigenvalue weighted by Gasteiger charge is -1.98. The van der Waals surface area contributed by atoms with Crippen LogP contribution < -0.4 is 5.56 Å². The van der Waals surface area contributed by atoms with E-state index in [4.69, 9.17) is 0 Å². The van der Waals surface area contributed by atoms with Gasteiger partial charge >= 0.3 is 0 Å². The molecule has 0 radical (unpaired) electrons. The van der Waals surface area contributed by atoms with E-state index in [1.807, 2.05) is 22.6 Å². The molecule has 1 heterocycles. The average Bonchev–Trinajstić information content (AvgIpc) is 2.08. The molecular formula is C7H9IN2OS. The third kappa shape index (κ3) is 2.48. The molecule has 5 heteroatoms. The smallest absolute Gasteiger partial charge is 0.265 e. The van der Waals surface area contributed by atoms with Gasteiger partial charge in [-0.05, 0) is 34.8 Å². The second-order valence-electron chi connectivity index (χ2n) is 2.20. The Labute approximate surface area is 88.5 Å². The van der Waals surface area contributed by atoms with Crippen molar-refractivity contribution in [2.24, 2.45) is 0 Å². The first-order valence-electron chi connectivity index (χ1n) is 3.61. The molecule has 12 heavy (non-hydrogen) atoms. The zero-order chi connectivity index (χ0) is 8.97. The summed E-state index contributed by atoms with van der Waals surface area (Å²) in [4.78, 5) is 17.7. The molecule has 0 bridgehead atoms. The molecule has 3 nitrogen and oxygen atoms in total. The van der Waals surface area contributed by atoms with Crippen molar-refractivity contribution in [2.75, 3.05) is 5.75 Å². The topological polar surface area (TPSA) is 45.8 Å². The molecule has 0 aliphatic rings. The number of aromatic nitrogens is 2. The van der Waals surface area contributed by atoms with Gasteiger partial charge in [0.1, 0.15) is 8.60 Å². The van der Waals surface area contributed by atoms with E-state index in [1.165, 1.54) is 6.33 Å². The molecule has 0 amide bonds. The molecule has 0 atom stereocenters. The average molecular weight is 296 g/mol. The van der Waals surface area contributed by atoms with Gasteiger partial charge in [0.05, 0.1) is 6.33 Å². The maximum Gasteiger partial charge on any atom is 0.265 e. The van der Waals surface area contributed by atoms with Crippen LogP contribution in [-0.2, 0) is 0 Å². The second kappa shape index (κ2) is 4.86. The van der Waals surface area contributed by atoms with Crippen molar-refractivity contribution < 1.29 is 0 Å². The normalized spacial score (nSPS) is 10.2. The molecule has 1 aromatic rings. The first-order valence-corrected chi connectivity index (χ1v) is 5.68. The first-order chi connectivity index (χ1) is 5.75. The van der Waals surface area contributed by atoms with Crippen LogP contribution in [0.15, 0.2) is 16.1 Å². The Kier molecular flexibility index (Phi) is 4.07. The highest BCUT2D eigenvalue weighted by Gasteiger charge is 2.03. The zero-order valence-electron chi connectivity index (χ0n) is 6.63. The van der Waals surface area contributed by atoms with Crippen LogP contribution in [0.2, 0.25) is 0 Å². The standard InChI is InChI=1S/C7H9IN2OS/c1-2-3-12-7-5(8)6(11)9-4-10-7/h4H,2-3H2,1H3,(H,9,10,11). The van der Waals surface area contributed by atoms with Crippen LogP contribution in [0.1, 0.15) is 13.3 Å². The lowest BCUT2D eigenvalue weighted by atomic mass is 10.6. The maximum atomic E-state index is 11.1. The summed E-state index contributed by atoms with van der Waals surface area (Å²) in [6.07, 6.45) is 2.54. The Bertz CT molecular complexity index is 313. The number of nitrogens with zero attached hydrogens (tertiary/aromatic N) is 1.